The molecule has 2 aromatic rings. The maximum absolute atomic E-state index is 12.3. The van der Waals surface area contributed by atoms with Crippen LogP contribution in [-0.2, 0) is 4.74 Å². The number of likely N-dealkylation sites (N-methyl/N-ethyl adjacent to an activating group) is 1. The Morgan fingerprint density at radius 3 is 2.71 bits per heavy atom. The van der Waals surface area contributed by atoms with E-state index in [0.717, 1.165) is 11.3 Å². The van der Waals surface area contributed by atoms with Crippen molar-refractivity contribution in [2.45, 2.75) is 6.04 Å². The highest BCUT2D eigenvalue weighted by Crippen LogP contribution is 2.22. The van der Waals surface area contributed by atoms with Crippen LogP contribution < -0.4 is 20.1 Å². The lowest BCUT2D eigenvalue weighted by molar-refractivity contribution is 0.144. The molecule has 152 valence electrons. The first kappa shape index (κ1) is 21.5. The molecule has 0 fully saturated rings. The van der Waals surface area contributed by atoms with Crippen LogP contribution in [0.5, 0.6) is 11.6 Å². The molecule has 0 radical (unpaired) electrons. The summed E-state index contributed by atoms with van der Waals surface area (Å²) in [5, 5.41) is 5.70. The zero-order chi connectivity index (χ0) is 20.4. The second-order valence-electron chi connectivity index (χ2n) is 6.32. The van der Waals surface area contributed by atoms with Crippen LogP contribution in [0.15, 0.2) is 42.6 Å². The molecular weight excluding hydrogens is 360 g/mol. The highest BCUT2D eigenvalue weighted by atomic mass is 16.5. The zero-order valence-corrected chi connectivity index (χ0v) is 16.8. The van der Waals surface area contributed by atoms with E-state index in [9.17, 15) is 4.79 Å². The van der Waals surface area contributed by atoms with Crippen molar-refractivity contribution in [1.29, 1.82) is 0 Å². The largest absolute Gasteiger partial charge is 0.497 e. The number of urea groups is 1. The molecule has 8 heteroatoms. The Morgan fingerprint density at radius 2 is 2.00 bits per heavy atom. The standard InChI is InChI=1S/C20H28N4O4/c1-24(2)18(15-6-5-7-17(12-15)27-4)14-22-20(25)23-16-8-9-21-19(13-16)28-11-10-26-3/h5-9,12-13,18H,10-11,14H2,1-4H3,(H2,21,22,23,25)/t18-/m1/s1. The summed E-state index contributed by atoms with van der Waals surface area (Å²) in [5.41, 5.74) is 1.66. The lowest BCUT2D eigenvalue weighted by Gasteiger charge is -2.25. The number of carbonyl (C=O) groups excluding carboxylic acids is 1. The van der Waals surface area contributed by atoms with E-state index in [1.54, 1.807) is 32.5 Å². The van der Waals surface area contributed by atoms with Crippen LogP contribution >= 0.6 is 0 Å². The van der Waals surface area contributed by atoms with E-state index in [-0.39, 0.29) is 12.1 Å². The predicted octanol–water partition coefficient (Wildman–Crippen LogP) is 2.54. The van der Waals surface area contributed by atoms with Gasteiger partial charge in [-0.15, -0.1) is 0 Å². The van der Waals surface area contributed by atoms with Gasteiger partial charge in [0, 0.05) is 31.6 Å². The van der Waals surface area contributed by atoms with Crippen molar-refractivity contribution in [2.75, 3.05) is 53.4 Å². The van der Waals surface area contributed by atoms with Crippen LogP contribution in [0.25, 0.3) is 0 Å². The molecule has 2 rings (SSSR count). The van der Waals surface area contributed by atoms with Gasteiger partial charge < -0.3 is 29.7 Å². The molecule has 0 spiro atoms. The van der Waals surface area contributed by atoms with Gasteiger partial charge in [0.05, 0.1) is 19.8 Å². The van der Waals surface area contributed by atoms with Crippen molar-refractivity contribution in [3.8, 4) is 11.6 Å². The lowest BCUT2D eigenvalue weighted by atomic mass is 10.1. The van der Waals surface area contributed by atoms with Crippen LogP contribution in [0.4, 0.5) is 10.5 Å². The van der Waals surface area contributed by atoms with Crippen molar-refractivity contribution in [1.82, 2.24) is 15.2 Å². The molecule has 0 saturated heterocycles. The number of nitrogens with one attached hydrogen (secondary N) is 2. The van der Waals surface area contributed by atoms with Crippen molar-refractivity contribution >= 4 is 11.7 Å². The van der Waals surface area contributed by atoms with Gasteiger partial charge in [-0.1, -0.05) is 12.1 Å². The van der Waals surface area contributed by atoms with Crippen molar-refractivity contribution < 1.29 is 19.0 Å². The van der Waals surface area contributed by atoms with Crippen LogP contribution in [0.1, 0.15) is 11.6 Å². The first-order valence-electron chi connectivity index (χ1n) is 8.96. The minimum Gasteiger partial charge on any atom is -0.497 e. The minimum absolute atomic E-state index is 0.00577. The normalized spacial score (nSPS) is 11.8. The van der Waals surface area contributed by atoms with Gasteiger partial charge in [0.15, 0.2) is 0 Å². The summed E-state index contributed by atoms with van der Waals surface area (Å²) in [6.45, 7) is 1.30. The molecule has 1 aromatic heterocycles. The van der Waals surface area contributed by atoms with Gasteiger partial charge in [-0.25, -0.2) is 9.78 Å². The zero-order valence-electron chi connectivity index (χ0n) is 16.8. The fourth-order valence-electron chi connectivity index (χ4n) is 2.61. The van der Waals surface area contributed by atoms with Crippen molar-refractivity contribution in [2.24, 2.45) is 0 Å². The molecule has 0 aliphatic carbocycles. The summed E-state index contributed by atoms with van der Waals surface area (Å²) in [6.07, 6.45) is 1.58. The van der Waals surface area contributed by atoms with E-state index in [0.29, 0.717) is 31.3 Å². The predicted molar refractivity (Wildman–Crippen MR) is 108 cm³/mol. The lowest BCUT2D eigenvalue weighted by Crippen LogP contribution is -2.36. The molecular formula is C20H28N4O4. The molecule has 8 nitrogen and oxygen atoms in total. The number of pyridine rings is 1. The van der Waals surface area contributed by atoms with E-state index in [1.165, 1.54) is 0 Å². The SMILES string of the molecule is COCCOc1cc(NC(=O)NC[C@H](c2cccc(OC)c2)N(C)C)ccn1. The average Bonchev–Trinajstić information content (AvgIpc) is 2.68. The van der Waals surface area contributed by atoms with E-state index >= 15 is 0 Å². The second kappa shape index (κ2) is 11.1. The molecule has 0 unspecified atom stereocenters. The third kappa shape index (κ3) is 6.71. The number of hydrogen-bond acceptors (Lipinski definition) is 6. The Morgan fingerprint density at radius 1 is 1.18 bits per heavy atom. The molecule has 1 atom stereocenters. The molecule has 1 heterocycles. The summed E-state index contributed by atoms with van der Waals surface area (Å²) >= 11 is 0. The molecule has 28 heavy (non-hydrogen) atoms. The Bertz CT molecular complexity index is 754. The third-order valence-corrected chi connectivity index (χ3v) is 4.09. The number of rotatable bonds is 10. The monoisotopic (exact) mass is 388 g/mol. The average molecular weight is 388 g/mol. The van der Waals surface area contributed by atoms with Crippen LogP contribution in [-0.4, -0.2) is 64.0 Å². The summed E-state index contributed by atoms with van der Waals surface area (Å²) in [6, 6.07) is 10.9. The van der Waals surface area contributed by atoms with Gasteiger partial charge in [0.2, 0.25) is 5.88 Å². The fraction of sp³-hybridized carbons (Fsp3) is 0.400. The molecule has 2 N–H and O–H groups in total. The number of methoxy groups -OCH3 is 2. The first-order valence-corrected chi connectivity index (χ1v) is 8.96. The van der Waals surface area contributed by atoms with Crippen LogP contribution in [0.2, 0.25) is 0 Å². The maximum Gasteiger partial charge on any atom is 0.319 e. The summed E-state index contributed by atoms with van der Waals surface area (Å²) < 4.78 is 15.7. The number of ether oxygens (including phenoxy) is 3. The first-order chi connectivity index (χ1) is 13.5. The van der Waals surface area contributed by atoms with Gasteiger partial charge >= 0.3 is 6.03 Å². The van der Waals surface area contributed by atoms with E-state index < -0.39 is 0 Å². The summed E-state index contributed by atoms with van der Waals surface area (Å²) in [7, 11) is 7.18. The molecule has 0 aliphatic heterocycles. The van der Waals surface area contributed by atoms with Crippen LogP contribution in [0, 0.1) is 0 Å². The Labute approximate surface area is 165 Å². The van der Waals surface area contributed by atoms with Crippen molar-refractivity contribution in [3.05, 3.63) is 48.2 Å². The second-order valence-corrected chi connectivity index (χ2v) is 6.32. The number of aromatic nitrogens is 1. The Balaban J connectivity index is 1.93. The molecule has 2 amide bonds. The number of nitrogens with zero attached hydrogens (tertiary/aromatic N) is 2. The van der Waals surface area contributed by atoms with Crippen molar-refractivity contribution in [3.63, 3.8) is 0 Å². The summed E-state index contributed by atoms with van der Waals surface area (Å²) in [5.74, 6) is 1.21. The quantitative estimate of drug-likeness (QED) is 0.609. The molecule has 0 bridgehead atoms. The number of amides is 2. The topological polar surface area (TPSA) is 85.0 Å². The Kier molecular flexibility index (Phi) is 8.51. The minimum atomic E-state index is -0.302. The Hall–Kier alpha value is -2.84. The number of carbonyl (C=O) groups is 1. The maximum atomic E-state index is 12.3. The highest BCUT2D eigenvalue weighted by molar-refractivity contribution is 5.89. The number of anilines is 1. The van der Waals surface area contributed by atoms with E-state index in [1.807, 2.05) is 43.3 Å². The van der Waals surface area contributed by atoms with Gasteiger partial charge in [0.25, 0.3) is 0 Å². The van der Waals surface area contributed by atoms with Crippen LogP contribution in [0.3, 0.4) is 0 Å². The van der Waals surface area contributed by atoms with Gasteiger partial charge in [-0.2, -0.15) is 0 Å². The van der Waals surface area contributed by atoms with E-state index in [4.69, 9.17) is 14.2 Å². The molecule has 0 aliphatic rings. The fourth-order valence-corrected chi connectivity index (χ4v) is 2.61. The number of hydrogen-bond donors (Lipinski definition) is 2. The third-order valence-electron chi connectivity index (χ3n) is 4.09. The van der Waals surface area contributed by atoms with Gasteiger partial charge in [-0.05, 0) is 37.9 Å². The number of benzene rings is 1. The van der Waals surface area contributed by atoms with Gasteiger partial charge in [0.1, 0.15) is 12.4 Å². The summed E-state index contributed by atoms with van der Waals surface area (Å²) in [4.78, 5) is 18.5. The highest BCUT2D eigenvalue weighted by Gasteiger charge is 2.16. The van der Waals surface area contributed by atoms with E-state index in [2.05, 4.69) is 15.6 Å². The smallest absolute Gasteiger partial charge is 0.319 e. The molecule has 0 saturated carbocycles. The van der Waals surface area contributed by atoms with Gasteiger partial charge in [-0.3, -0.25) is 0 Å². The molecule has 1 aromatic carbocycles.